The highest BCUT2D eigenvalue weighted by molar-refractivity contribution is 7.92. The third kappa shape index (κ3) is 9.91. The second-order valence-electron chi connectivity index (χ2n) is 11.9. The number of sulfonamides is 1. The quantitative estimate of drug-likeness (QED) is 0.166. The van der Waals surface area contributed by atoms with Gasteiger partial charge in [-0.25, -0.2) is 31.6 Å². The Balaban J connectivity index is 1.31. The molecule has 0 bridgehead atoms. The molecular weight excluding hydrogens is 757 g/mol. The van der Waals surface area contributed by atoms with Gasteiger partial charge in [0.25, 0.3) is 0 Å². The van der Waals surface area contributed by atoms with Crippen molar-refractivity contribution in [2.75, 3.05) is 36.8 Å². The van der Waals surface area contributed by atoms with Gasteiger partial charge in [0.2, 0.25) is 22.6 Å². The first kappa shape index (κ1) is 39.9. The van der Waals surface area contributed by atoms with E-state index in [0.29, 0.717) is 16.3 Å². The molecule has 2 aromatic carbocycles. The molecule has 1 aliphatic heterocycles. The number of primary sulfonamides is 1. The van der Waals surface area contributed by atoms with E-state index in [9.17, 15) is 36.3 Å². The van der Waals surface area contributed by atoms with E-state index in [2.05, 4.69) is 5.32 Å². The van der Waals surface area contributed by atoms with E-state index in [0.717, 1.165) is 12.1 Å². The van der Waals surface area contributed by atoms with E-state index in [-0.39, 0.29) is 29.4 Å². The minimum absolute atomic E-state index is 0.0405. The summed E-state index contributed by atoms with van der Waals surface area (Å²) in [6, 6.07) is 10.6. The topological polar surface area (TPSA) is 231 Å². The maximum atomic E-state index is 13.1. The van der Waals surface area contributed by atoms with Crippen LogP contribution in [0.3, 0.4) is 0 Å². The van der Waals surface area contributed by atoms with Crippen LogP contribution >= 0.6 is 23.2 Å². The maximum Gasteiger partial charge on any atom is 0.413 e. The lowest BCUT2D eigenvalue weighted by molar-refractivity contribution is -0.295. The van der Waals surface area contributed by atoms with Crippen LogP contribution in [-0.2, 0) is 55.9 Å². The summed E-state index contributed by atoms with van der Waals surface area (Å²) in [4.78, 5) is 39.0. The maximum absolute atomic E-state index is 13.1. The smallest absolute Gasteiger partial charge is 0.413 e. The largest absolute Gasteiger partial charge is 0.467 e. The highest BCUT2D eigenvalue weighted by atomic mass is 35.5. The lowest BCUT2D eigenvalue weighted by Crippen LogP contribution is -2.66. The number of nitrogens with zero attached hydrogens (tertiary/aromatic N) is 1. The van der Waals surface area contributed by atoms with Crippen molar-refractivity contribution in [3.63, 3.8) is 0 Å². The molecule has 0 spiro atoms. The van der Waals surface area contributed by atoms with Gasteiger partial charge >= 0.3 is 18.0 Å². The Morgan fingerprint density at radius 3 is 2.43 bits per heavy atom. The van der Waals surface area contributed by atoms with Gasteiger partial charge in [0.05, 0.1) is 53.0 Å². The molecule has 278 valence electrons. The number of rotatable bonds is 13. The molecule has 2 atom stereocenters. The second-order valence-corrected chi connectivity index (χ2v) is 16.5. The van der Waals surface area contributed by atoms with Gasteiger partial charge in [0.15, 0.2) is 9.84 Å². The normalized spacial score (nSPS) is 18.9. The molecule has 1 amide bonds. The van der Waals surface area contributed by atoms with Crippen molar-refractivity contribution in [3.8, 4) is 0 Å². The minimum Gasteiger partial charge on any atom is -0.467 e. The lowest BCUT2D eigenvalue weighted by atomic mass is 9.90. The molecule has 1 fully saturated rings. The third-order valence-electron chi connectivity index (χ3n) is 7.69. The Hall–Kier alpha value is -3.91. The van der Waals surface area contributed by atoms with Gasteiger partial charge in [-0.2, -0.15) is 0 Å². The number of hydrogen-bond acceptors (Lipinski definition) is 14. The summed E-state index contributed by atoms with van der Waals surface area (Å²) in [5, 5.41) is 19.5. The number of morpholine rings is 1. The zero-order valence-electron chi connectivity index (χ0n) is 27.5. The van der Waals surface area contributed by atoms with Crippen molar-refractivity contribution < 1.29 is 59.7 Å². The molecule has 4 rings (SSSR count). The highest BCUT2D eigenvalue weighted by Gasteiger charge is 2.53. The van der Waals surface area contributed by atoms with Crippen LogP contribution < -0.4 is 10.5 Å². The van der Waals surface area contributed by atoms with Crippen molar-refractivity contribution in [1.82, 2.24) is 4.90 Å². The third-order valence-corrected chi connectivity index (χ3v) is 10.8. The fraction of sp³-hybridized carbons (Fsp3) is 0.387. The first-order valence-electron chi connectivity index (χ1n) is 15.0. The van der Waals surface area contributed by atoms with Crippen LogP contribution in [0.4, 0.5) is 10.5 Å². The zero-order chi connectivity index (χ0) is 37.8. The van der Waals surface area contributed by atoms with Gasteiger partial charge in [-0.1, -0.05) is 35.3 Å². The van der Waals surface area contributed by atoms with Gasteiger partial charge in [-0.3, -0.25) is 9.69 Å². The average molecular weight is 793 g/mol. The molecule has 1 aliphatic rings. The molecule has 0 radical (unpaired) electrons. The van der Waals surface area contributed by atoms with Crippen LogP contribution in [0.15, 0.2) is 64.1 Å². The number of benzene rings is 2. The van der Waals surface area contributed by atoms with E-state index in [1.807, 2.05) is 0 Å². The molecule has 1 saturated heterocycles. The molecule has 0 unspecified atom stereocenters. The van der Waals surface area contributed by atoms with E-state index >= 15 is 0 Å². The Morgan fingerprint density at radius 2 is 1.78 bits per heavy atom. The van der Waals surface area contributed by atoms with E-state index in [1.54, 1.807) is 44.2 Å². The Morgan fingerprint density at radius 1 is 1.06 bits per heavy atom. The number of carbonyl (C=O) groups is 3. The second kappa shape index (κ2) is 15.8. The number of anilines is 1. The minimum atomic E-state index is -4.36. The van der Waals surface area contributed by atoms with E-state index in [4.69, 9.17) is 51.7 Å². The summed E-state index contributed by atoms with van der Waals surface area (Å²) in [6.45, 7) is 3.14. The highest BCUT2D eigenvalue weighted by Crippen LogP contribution is 2.40. The fourth-order valence-electron chi connectivity index (χ4n) is 5.15. The van der Waals surface area contributed by atoms with Crippen LogP contribution in [0.5, 0.6) is 0 Å². The Bertz CT molecular complexity index is 1990. The molecule has 4 N–H and O–H groups in total. The van der Waals surface area contributed by atoms with Crippen LogP contribution in [0.25, 0.3) is 0 Å². The molecule has 20 heteroatoms. The fourth-order valence-corrected chi connectivity index (χ4v) is 7.36. The monoisotopic (exact) mass is 791 g/mol. The number of hydrogen-bond donors (Lipinski definition) is 3. The first-order chi connectivity index (χ1) is 23.7. The molecule has 51 heavy (non-hydrogen) atoms. The number of nitrogens with two attached hydrogens (primary N) is 1. The predicted octanol–water partition coefficient (Wildman–Crippen LogP) is 3.40. The average Bonchev–Trinajstić information content (AvgIpc) is 3.55. The molecule has 3 aromatic rings. The molecule has 0 aliphatic carbocycles. The van der Waals surface area contributed by atoms with Gasteiger partial charge in [0, 0.05) is 10.6 Å². The summed E-state index contributed by atoms with van der Waals surface area (Å²) in [5.74, 6) is -5.84. The number of halogens is 2. The predicted molar refractivity (Wildman–Crippen MR) is 182 cm³/mol. The van der Waals surface area contributed by atoms with Gasteiger partial charge in [-0.05, 0) is 57.2 Å². The molecule has 2 heterocycles. The Labute approximate surface area is 303 Å². The van der Waals surface area contributed by atoms with Gasteiger partial charge in [0.1, 0.15) is 23.0 Å². The van der Waals surface area contributed by atoms with Crippen LogP contribution in [0.2, 0.25) is 10.0 Å². The van der Waals surface area contributed by atoms with Crippen molar-refractivity contribution in [2.24, 2.45) is 5.14 Å². The van der Waals surface area contributed by atoms with Crippen molar-refractivity contribution in [1.29, 1.82) is 0 Å². The number of amides is 1. The Kier molecular flexibility index (Phi) is 12.3. The summed E-state index contributed by atoms with van der Waals surface area (Å²) in [7, 11) is -8.58. The molecule has 16 nitrogen and oxygen atoms in total. The van der Waals surface area contributed by atoms with Crippen LogP contribution in [-0.4, -0.2) is 88.0 Å². The summed E-state index contributed by atoms with van der Waals surface area (Å²) >= 11 is 12.1. The number of ether oxygens (including phenoxy) is 4. The van der Waals surface area contributed by atoms with Crippen LogP contribution in [0, 0.1) is 0 Å². The van der Waals surface area contributed by atoms with Crippen LogP contribution in [0.1, 0.15) is 42.5 Å². The van der Waals surface area contributed by atoms with Crippen molar-refractivity contribution in [3.05, 3.63) is 81.7 Å². The number of aliphatic hydroxyl groups is 1. The summed E-state index contributed by atoms with van der Waals surface area (Å²) in [6.07, 6.45) is 0.438. The summed E-state index contributed by atoms with van der Waals surface area (Å²) < 4.78 is 75.1. The number of furan rings is 1. The lowest BCUT2D eigenvalue weighted by Gasteiger charge is -2.52. The number of esters is 2. The van der Waals surface area contributed by atoms with E-state index in [1.165, 1.54) is 24.2 Å². The SMILES string of the molecule is C[C@@H]1N(C(=O)OCOC(=O)CS(=O)(=O)CCOC(=O)c2cc(S(N)(=O)=O)c(Cl)cc2NCc2ccco2)C(C)(C)CO[C@@]1(O)c1cccc(Cl)c1. The van der Waals surface area contributed by atoms with Gasteiger partial charge < -0.3 is 33.8 Å². The first-order valence-corrected chi connectivity index (χ1v) is 19.1. The van der Waals surface area contributed by atoms with E-state index < -0.39 is 85.1 Å². The molecule has 0 saturated carbocycles. The molecule has 1 aromatic heterocycles. The van der Waals surface area contributed by atoms with Gasteiger partial charge in [-0.15, -0.1) is 0 Å². The molecular formula is C31H35Cl2N3O13S2. The summed E-state index contributed by atoms with van der Waals surface area (Å²) in [5.41, 5.74) is -0.966. The number of sulfone groups is 1. The van der Waals surface area contributed by atoms with Crippen molar-refractivity contribution in [2.45, 2.75) is 49.6 Å². The van der Waals surface area contributed by atoms with Crippen molar-refractivity contribution >= 4 is 66.8 Å². The number of nitrogens with one attached hydrogen (secondary N) is 1. The standard InChI is InChI=1S/C31H35Cl2N3O13S2/c1-19-31(40,20-6-4-7-21(32)12-20)49-17-30(2,3)36(19)29(39)48-18-47-27(37)16-50(41,42)11-10-46-28(38)23-13-26(51(34,43)44)24(33)14-25(23)35-15-22-8-5-9-45-22/h4-9,12-14,19,35,40H,10-11,15-18H2,1-3H3,(H2,34,43,44)/t19-,31+/m0/s1. The number of carbonyl (C=O) groups excluding carboxylic acids is 3. The zero-order valence-corrected chi connectivity index (χ0v) is 30.6.